The van der Waals surface area contributed by atoms with Crippen LogP contribution in [0.25, 0.3) is 5.76 Å². The third kappa shape index (κ3) is 6.29. The van der Waals surface area contributed by atoms with E-state index in [0.29, 0.717) is 33.0 Å². The average Bonchev–Trinajstić information content (AvgIpc) is 3.55. The Balaban J connectivity index is 1.54. The Labute approximate surface area is 249 Å². The van der Waals surface area contributed by atoms with E-state index in [1.807, 2.05) is 24.3 Å². The van der Waals surface area contributed by atoms with Gasteiger partial charge in [-0.05, 0) is 60.0 Å². The molecule has 1 atom stereocenters. The lowest BCUT2D eigenvalue weighted by molar-refractivity contribution is -0.132. The molecule has 41 heavy (non-hydrogen) atoms. The van der Waals surface area contributed by atoms with E-state index < -0.39 is 29.3 Å². The van der Waals surface area contributed by atoms with Crippen LogP contribution in [0.5, 0.6) is 5.75 Å². The Kier molecular flexibility index (Phi) is 9.02. The molecular weight excluding hydrogens is 585 g/mol. The van der Waals surface area contributed by atoms with E-state index in [9.17, 15) is 19.1 Å². The molecule has 1 fully saturated rings. The fraction of sp³-hybridized carbons (Fsp3) is 0.200. The quantitative estimate of drug-likeness (QED) is 0.0499. The van der Waals surface area contributed by atoms with Gasteiger partial charge < -0.3 is 9.84 Å². The number of amides is 1. The van der Waals surface area contributed by atoms with Crippen LogP contribution in [-0.4, -0.2) is 33.6 Å². The second-order valence-electron chi connectivity index (χ2n) is 9.18. The molecule has 1 aromatic heterocycles. The van der Waals surface area contributed by atoms with Gasteiger partial charge >= 0.3 is 5.91 Å². The molecule has 0 saturated carbocycles. The number of halogens is 2. The number of aliphatic hydroxyl groups excluding tert-OH is 1. The van der Waals surface area contributed by atoms with Gasteiger partial charge in [0.25, 0.3) is 5.78 Å². The number of hydrogen-bond acceptors (Lipinski definition) is 8. The van der Waals surface area contributed by atoms with Gasteiger partial charge in [0.1, 0.15) is 17.3 Å². The van der Waals surface area contributed by atoms with Crippen LogP contribution in [0.3, 0.4) is 0 Å². The molecule has 11 heteroatoms. The zero-order valence-corrected chi connectivity index (χ0v) is 24.3. The van der Waals surface area contributed by atoms with Crippen LogP contribution in [0.4, 0.5) is 9.52 Å². The maximum atomic E-state index is 13.6. The number of anilines is 1. The molecule has 0 radical (unpaired) electrons. The summed E-state index contributed by atoms with van der Waals surface area (Å²) in [5.74, 6) is -1.53. The molecule has 1 N–H and O–H groups in total. The maximum absolute atomic E-state index is 13.6. The monoisotopic (exact) mass is 609 g/mol. The number of aromatic nitrogens is 2. The van der Waals surface area contributed by atoms with Gasteiger partial charge in [0.15, 0.2) is 4.34 Å². The largest absolute Gasteiger partial charge is 0.507 e. The van der Waals surface area contributed by atoms with Gasteiger partial charge in [0.05, 0.1) is 18.2 Å². The summed E-state index contributed by atoms with van der Waals surface area (Å²) < 4.78 is 20.0. The van der Waals surface area contributed by atoms with Crippen LogP contribution in [-0.2, 0) is 15.3 Å². The molecule has 1 amide bonds. The number of ketones is 1. The Morgan fingerprint density at radius 1 is 1.10 bits per heavy atom. The van der Waals surface area contributed by atoms with Crippen molar-refractivity contribution in [3.05, 3.63) is 106 Å². The van der Waals surface area contributed by atoms with Gasteiger partial charge in [0.2, 0.25) is 5.13 Å². The van der Waals surface area contributed by atoms with Crippen molar-refractivity contribution in [2.75, 3.05) is 11.5 Å². The first kappa shape index (κ1) is 28.8. The predicted molar refractivity (Wildman–Crippen MR) is 159 cm³/mol. The molecule has 210 valence electrons. The summed E-state index contributed by atoms with van der Waals surface area (Å²) in [6.07, 6.45) is 1.83. The van der Waals surface area contributed by atoms with Gasteiger partial charge in [-0.3, -0.25) is 14.5 Å². The number of unbranched alkanes of at least 4 members (excludes halogenated alkanes) is 1. The van der Waals surface area contributed by atoms with Crippen LogP contribution in [0.2, 0.25) is 5.02 Å². The third-order valence-corrected chi connectivity index (χ3v) is 8.89. The van der Waals surface area contributed by atoms with Crippen LogP contribution in [0.1, 0.15) is 42.5 Å². The molecular formula is C30H25ClFN3O4S2. The highest BCUT2D eigenvalue weighted by molar-refractivity contribution is 8.00. The topological polar surface area (TPSA) is 92.6 Å². The summed E-state index contributed by atoms with van der Waals surface area (Å²) in [5.41, 5.74) is 1.55. The number of thioether (sulfide) groups is 1. The fourth-order valence-electron chi connectivity index (χ4n) is 4.33. The fourth-order valence-corrected chi connectivity index (χ4v) is 6.48. The molecule has 1 aliphatic heterocycles. The van der Waals surface area contributed by atoms with Crippen LogP contribution in [0.15, 0.2) is 82.7 Å². The van der Waals surface area contributed by atoms with E-state index >= 15 is 0 Å². The van der Waals surface area contributed by atoms with Crippen molar-refractivity contribution < 1.29 is 23.8 Å². The van der Waals surface area contributed by atoms with Crippen molar-refractivity contribution in [2.45, 2.75) is 35.9 Å². The van der Waals surface area contributed by atoms with Crippen LogP contribution in [0, 0.1) is 5.82 Å². The summed E-state index contributed by atoms with van der Waals surface area (Å²) in [6.45, 7) is 2.57. The Bertz CT molecular complexity index is 1610. The first-order chi connectivity index (χ1) is 19.9. The molecule has 7 nitrogen and oxygen atoms in total. The molecule has 4 aromatic rings. The van der Waals surface area contributed by atoms with Crippen molar-refractivity contribution in [1.82, 2.24) is 10.2 Å². The summed E-state index contributed by atoms with van der Waals surface area (Å²) in [7, 11) is 0. The molecule has 0 aliphatic carbocycles. The molecule has 1 saturated heterocycles. The molecule has 0 bridgehead atoms. The van der Waals surface area contributed by atoms with Crippen molar-refractivity contribution in [3.63, 3.8) is 0 Å². The SMILES string of the molecule is CCCCOc1cccc(C2/C(=C(\O)c3ccc(F)cc3)C(=O)C(=O)N2c2nnc(SCc3ccccc3Cl)s2)c1. The van der Waals surface area contributed by atoms with E-state index in [2.05, 4.69) is 17.1 Å². The number of carbonyl (C=O) groups excluding carboxylic acids is 2. The van der Waals surface area contributed by atoms with Crippen LogP contribution >= 0.6 is 34.7 Å². The van der Waals surface area contributed by atoms with Gasteiger partial charge in [0, 0.05) is 16.3 Å². The lowest BCUT2D eigenvalue weighted by Crippen LogP contribution is -2.29. The number of carbonyl (C=O) groups is 2. The molecule has 2 heterocycles. The number of aliphatic hydroxyl groups is 1. The van der Waals surface area contributed by atoms with Crippen LogP contribution < -0.4 is 9.64 Å². The Morgan fingerprint density at radius 3 is 2.63 bits per heavy atom. The number of nitrogens with zero attached hydrogens (tertiary/aromatic N) is 3. The molecule has 3 aromatic carbocycles. The highest BCUT2D eigenvalue weighted by Gasteiger charge is 2.48. The minimum Gasteiger partial charge on any atom is -0.507 e. The van der Waals surface area contributed by atoms with E-state index in [1.165, 1.54) is 40.9 Å². The minimum absolute atomic E-state index is 0.132. The normalized spacial score (nSPS) is 16.4. The summed E-state index contributed by atoms with van der Waals surface area (Å²) in [4.78, 5) is 28.2. The molecule has 1 unspecified atom stereocenters. The number of benzene rings is 3. The number of hydrogen-bond donors (Lipinski definition) is 1. The Hall–Kier alpha value is -3.73. The lowest BCUT2D eigenvalue weighted by Gasteiger charge is -2.23. The minimum atomic E-state index is -1.01. The van der Waals surface area contributed by atoms with E-state index in [-0.39, 0.29) is 16.3 Å². The van der Waals surface area contributed by atoms with Crippen molar-refractivity contribution in [3.8, 4) is 5.75 Å². The second kappa shape index (κ2) is 12.8. The van der Waals surface area contributed by atoms with E-state index in [4.69, 9.17) is 16.3 Å². The maximum Gasteiger partial charge on any atom is 0.301 e. The van der Waals surface area contributed by atoms with Gasteiger partial charge in [-0.25, -0.2) is 4.39 Å². The van der Waals surface area contributed by atoms with Gasteiger partial charge in [-0.15, -0.1) is 10.2 Å². The van der Waals surface area contributed by atoms with E-state index in [1.54, 1.807) is 24.3 Å². The smallest absolute Gasteiger partial charge is 0.301 e. The van der Waals surface area contributed by atoms with Gasteiger partial charge in [-0.1, -0.05) is 78.4 Å². The van der Waals surface area contributed by atoms with Crippen molar-refractivity contribution in [2.24, 2.45) is 0 Å². The predicted octanol–water partition coefficient (Wildman–Crippen LogP) is 7.43. The summed E-state index contributed by atoms with van der Waals surface area (Å²) in [6, 6.07) is 18.6. The zero-order chi connectivity index (χ0) is 28.9. The first-order valence-electron chi connectivity index (χ1n) is 12.9. The molecule has 5 rings (SSSR count). The number of rotatable bonds is 10. The number of ether oxygens (including phenoxy) is 1. The standard InChI is InChI=1S/C30H25ClFN3O4S2/c1-2-3-15-39-22-9-6-8-19(16-22)25-24(26(36)18-11-13-21(32)14-12-18)27(37)28(38)35(25)29-33-34-30(41-29)40-17-20-7-4-5-10-23(20)31/h4-14,16,25,36H,2-3,15,17H2,1H3/b26-24+. The van der Waals surface area contributed by atoms with E-state index in [0.717, 1.165) is 29.7 Å². The van der Waals surface area contributed by atoms with Crippen molar-refractivity contribution in [1.29, 1.82) is 0 Å². The first-order valence-corrected chi connectivity index (χ1v) is 15.0. The highest BCUT2D eigenvalue weighted by Crippen LogP contribution is 2.44. The Morgan fingerprint density at radius 2 is 1.88 bits per heavy atom. The summed E-state index contributed by atoms with van der Waals surface area (Å²) >= 11 is 8.85. The summed E-state index contributed by atoms with van der Waals surface area (Å²) in [5, 5.41) is 20.6. The van der Waals surface area contributed by atoms with Crippen molar-refractivity contribution >= 4 is 57.3 Å². The second-order valence-corrected chi connectivity index (χ2v) is 11.8. The third-order valence-electron chi connectivity index (χ3n) is 6.41. The molecule has 1 aliphatic rings. The molecule has 0 spiro atoms. The highest BCUT2D eigenvalue weighted by atomic mass is 35.5. The average molecular weight is 610 g/mol. The lowest BCUT2D eigenvalue weighted by atomic mass is 9.95. The number of Topliss-reactive ketones (excluding diaryl/α,β-unsaturated/α-hetero) is 1. The van der Waals surface area contributed by atoms with Gasteiger partial charge in [-0.2, -0.15) is 0 Å². The zero-order valence-electron chi connectivity index (χ0n) is 21.9.